The van der Waals surface area contributed by atoms with E-state index < -0.39 is 0 Å². The van der Waals surface area contributed by atoms with E-state index in [-0.39, 0.29) is 24.6 Å². The first-order chi connectivity index (χ1) is 18.5. The SMILES string of the molecule is CC(C)NC(=O)COc1ccc([C@H](C)N2NNc3cnc4ccc(-c5ccc6ocnc6c5)cc4c32)cc1. The number of oxazole rings is 1. The Morgan fingerprint density at radius 3 is 2.61 bits per heavy atom. The van der Waals surface area contributed by atoms with Gasteiger partial charge in [-0.1, -0.05) is 24.3 Å². The van der Waals surface area contributed by atoms with Gasteiger partial charge in [0.15, 0.2) is 18.6 Å². The molecule has 3 heterocycles. The number of pyridine rings is 1. The Morgan fingerprint density at radius 1 is 1.00 bits per heavy atom. The maximum atomic E-state index is 11.9. The van der Waals surface area contributed by atoms with Crippen molar-refractivity contribution in [3.8, 4) is 16.9 Å². The predicted molar refractivity (Wildman–Crippen MR) is 148 cm³/mol. The number of anilines is 2. The number of aromatic nitrogens is 2. The molecule has 0 unspecified atom stereocenters. The lowest BCUT2D eigenvalue weighted by molar-refractivity contribution is -0.123. The molecule has 0 bridgehead atoms. The van der Waals surface area contributed by atoms with Crippen molar-refractivity contribution in [2.45, 2.75) is 32.9 Å². The molecule has 9 heteroatoms. The monoisotopic (exact) mass is 508 g/mol. The summed E-state index contributed by atoms with van der Waals surface area (Å²) < 4.78 is 11.0. The molecule has 38 heavy (non-hydrogen) atoms. The summed E-state index contributed by atoms with van der Waals surface area (Å²) in [7, 11) is 0. The Morgan fingerprint density at radius 2 is 1.79 bits per heavy atom. The fourth-order valence-corrected chi connectivity index (χ4v) is 4.72. The number of rotatable bonds is 7. The number of hydrogen-bond acceptors (Lipinski definition) is 8. The highest BCUT2D eigenvalue weighted by Gasteiger charge is 2.27. The van der Waals surface area contributed by atoms with Crippen LogP contribution in [0.5, 0.6) is 5.75 Å². The van der Waals surface area contributed by atoms with E-state index in [2.05, 4.69) is 50.3 Å². The molecule has 3 N–H and O–H groups in total. The van der Waals surface area contributed by atoms with Gasteiger partial charge in [0.2, 0.25) is 0 Å². The van der Waals surface area contributed by atoms with Crippen molar-refractivity contribution in [1.29, 1.82) is 0 Å². The lowest BCUT2D eigenvalue weighted by atomic mass is 10.0. The van der Waals surface area contributed by atoms with E-state index in [1.54, 1.807) is 0 Å². The number of hydrazine groups is 2. The third-order valence-electron chi connectivity index (χ3n) is 6.62. The van der Waals surface area contributed by atoms with Crippen molar-refractivity contribution in [3.63, 3.8) is 0 Å². The van der Waals surface area contributed by atoms with Gasteiger partial charge in [0.05, 0.1) is 29.1 Å². The van der Waals surface area contributed by atoms with Crippen LogP contribution < -0.4 is 26.0 Å². The molecule has 9 nitrogen and oxygen atoms in total. The minimum Gasteiger partial charge on any atom is -0.484 e. The number of ether oxygens (including phenoxy) is 1. The minimum absolute atomic E-state index is 0.0109. The summed E-state index contributed by atoms with van der Waals surface area (Å²) in [5, 5.41) is 5.96. The molecule has 0 fully saturated rings. The van der Waals surface area contributed by atoms with Gasteiger partial charge in [-0.25, -0.2) is 4.98 Å². The molecule has 0 aliphatic carbocycles. The highest BCUT2D eigenvalue weighted by molar-refractivity contribution is 6.01. The van der Waals surface area contributed by atoms with Gasteiger partial charge >= 0.3 is 0 Å². The van der Waals surface area contributed by atoms with E-state index in [0.29, 0.717) is 5.75 Å². The van der Waals surface area contributed by atoms with Crippen LogP contribution in [0.4, 0.5) is 11.4 Å². The van der Waals surface area contributed by atoms with Crippen LogP contribution in [0.15, 0.2) is 77.7 Å². The summed E-state index contributed by atoms with van der Waals surface area (Å²) in [5.74, 6) is 0.512. The number of benzene rings is 3. The number of amides is 1. The smallest absolute Gasteiger partial charge is 0.258 e. The minimum atomic E-state index is -0.137. The average Bonchev–Trinajstić information content (AvgIpc) is 3.58. The third-order valence-corrected chi connectivity index (χ3v) is 6.62. The highest BCUT2D eigenvalue weighted by atomic mass is 16.5. The van der Waals surface area contributed by atoms with Gasteiger partial charge < -0.3 is 19.9 Å². The molecule has 0 saturated carbocycles. The van der Waals surface area contributed by atoms with Crippen LogP contribution >= 0.6 is 0 Å². The summed E-state index contributed by atoms with van der Waals surface area (Å²) in [5.41, 5.74) is 14.2. The molecule has 3 aromatic carbocycles. The van der Waals surface area contributed by atoms with Crippen LogP contribution in [-0.2, 0) is 4.79 Å². The van der Waals surface area contributed by atoms with Gasteiger partial charge in [0.25, 0.3) is 5.91 Å². The van der Waals surface area contributed by atoms with Gasteiger partial charge in [-0.15, -0.1) is 5.53 Å². The van der Waals surface area contributed by atoms with Crippen molar-refractivity contribution in [2.75, 3.05) is 17.0 Å². The maximum absolute atomic E-state index is 11.9. The van der Waals surface area contributed by atoms with E-state index in [1.165, 1.54) is 6.39 Å². The van der Waals surface area contributed by atoms with E-state index >= 15 is 0 Å². The largest absolute Gasteiger partial charge is 0.484 e. The van der Waals surface area contributed by atoms with Gasteiger partial charge in [0.1, 0.15) is 11.3 Å². The molecule has 1 aliphatic heterocycles. The second kappa shape index (κ2) is 9.68. The summed E-state index contributed by atoms with van der Waals surface area (Å²) in [6.45, 7) is 5.96. The van der Waals surface area contributed by atoms with E-state index in [0.717, 1.165) is 50.1 Å². The van der Waals surface area contributed by atoms with Crippen LogP contribution in [0.1, 0.15) is 32.4 Å². The van der Waals surface area contributed by atoms with Crippen LogP contribution in [0.2, 0.25) is 0 Å². The van der Waals surface area contributed by atoms with Crippen LogP contribution in [0, 0.1) is 0 Å². The molecule has 192 valence electrons. The molecular formula is C29H28N6O3. The zero-order valence-electron chi connectivity index (χ0n) is 21.4. The van der Waals surface area contributed by atoms with Crippen molar-refractivity contribution < 1.29 is 13.9 Å². The average molecular weight is 509 g/mol. The topological polar surface area (TPSA) is 105 Å². The number of nitrogens with zero attached hydrogens (tertiary/aromatic N) is 3. The third kappa shape index (κ3) is 4.48. The molecule has 2 aromatic heterocycles. The molecule has 1 aliphatic rings. The first kappa shape index (κ1) is 23.7. The lowest BCUT2D eigenvalue weighted by Crippen LogP contribution is -2.38. The molecular weight excluding hydrogens is 480 g/mol. The molecule has 0 radical (unpaired) electrons. The molecule has 6 rings (SSSR count). The Kier molecular flexibility index (Phi) is 6.05. The maximum Gasteiger partial charge on any atom is 0.258 e. The lowest BCUT2D eigenvalue weighted by Gasteiger charge is -2.27. The standard InChI is InChI=1S/C29H28N6O3/c1-17(2)32-28(36)15-37-22-8-4-19(5-9-22)18(3)35-29-23-12-20(6-10-24(23)30-14-26(29)33-34-35)21-7-11-27-25(13-21)31-16-38-27/h4-14,16-18,33-34H,15H2,1-3H3,(H,32,36)/t18-/m0/s1. The second-order valence-electron chi connectivity index (χ2n) is 9.65. The van der Waals surface area contributed by atoms with E-state index in [9.17, 15) is 4.79 Å². The van der Waals surface area contributed by atoms with Crippen molar-refractivity contribution >= 4 is 39.3 Å². The Bertz CT molecular complexity index is 1630. The van der Waals surface area contributed by atoms with Gasteiger partial charge in [-0.2, -0.15) is 0 Å². The Labute approximate surface area is 219 Å². The molecule has 1 amide bonds. The Hall–Kier alpha value is -4.63. The second-order valence-corrected chi connectivity index (χ2v) is 9.65. The fraction of sp³-hybridized carbons (Fsp3) is 0.207. The summed E-state index contributed by atoms with van der Waals surface area (Å²) in [6, 6.07) is 20.2. The van der Waals surface area contributed by atoms with Crippen LogP contribution in [-0.4, -0.2) is 28.5 Å². The Balaban J connectivity index is 1.27. The number of hydrogen-bond donors (Lipinski definition) is 3. The first-order valence-corrected chi connectivity index (χ1v) is 12.6. The number of fused-ring (bicyclic) bond motifs is 4. The molecule has 0 saturated heterocycles. The normalized spacial score (nSPS) is 13.5. The number of carbonyl (C=O) groups is 1. The number of carbonyl (C=O) groups excluding carboxylic acids is 1. The van der Waals surface area contributed by atoms with Crippen molar-refractivity contribution in [2.24, 2.45) is 0 Å². The zero-order valence-corrected chi connectivity index (χ0v) is 21.4. The van der Waals surface area contributed by atoms with Gasteiger partial charge in [-0.3, -0.25) is 14.8 Å². The summed E-state index contributed by atoms with van der Waals surface area (Å²) in [4.78, 5) is 20.8. The van der Waals surface area contributed by atoms with Crippen molar-refractivity contribution in [1.82, 2.24) is 20.8 Å². The van der Waals surface area contributed by atoms with E-state index in [1.807, 2.05) is 68.6 Å². The van der Waals surface area contributed by atoms with Gasteiger partial charge in [-0.05, 0) is 73.9 Å². The first-order valence-electron chi connectivity index (χ1n) is 12.6. The molecule has 0 spiro atoms. The van der Waals surface area contributed by atoms with Crippen molar-refractivity contribution in [3.05, 3.63) is 78.8 Å². The molecule has 5 aromatic rings. The fourth-order valence-electron chi connectivity index (χ4n) is 4.72. The molecule has 1 atom stereocenters. The van der Waals surface area contributed by atoms with Crippen LogP contribution in [0.3, 0.4) is 0 Å². The summed E-state index contributed by atoms with van der Waals surface area (Å²) in [6.07, 6.45) is 3.31. The van der Waals surface area contributed by atoms with E-state index in [4.69, 9.17) is 9.15 Å². The quantitative estimate of drug-likeness (QED) is 0.270. The summed E-state index contributed by atoms with van der Waals surface area (Å²) >= 11 is 0. The van der Waals surface area contributed by atoms with Crippen LogP contribution in [0.25, 0.3) is 33.1 Å². The zero-order chi connectivity index (χ0) is 26.2. The predicted octanol–water partition coefficient (Wildman–Crippen LogP) is 5.36. The number of nitrogens with one attached hydrogen (secondary N) is 3. The highest BCUT2D eigenvalue weighted by Crippen LogP contribution is 2.41. The van der Waals surface area contributed by atoms with Gasteiger partial charge in [0, 0.05) is 11.4 Å².